The molecule has 4 heteroatoms. The molecule has 124 valence electrons. The van der Waals surface area contributed by atoms with Gasteiger partial charge in [-0.25, -0.2) is 0 Å². The quantitative estimate of drug-likeness (QED) is 0.626. The molecule has 1 aliphatic rings. The van der Waals surface area contributed by atoms with Crippen molar-refractivity contribution < 1.29 is 14.7 Å². The van der Waals surface area contributed by atoms with Gasteiger partial charge < -0.3 is 10.4 Å². The number of carboxylic acid groups (broad SMARTS) is 1. The van der Waals surface area contributed by atoms with Gasteiger partial charge in [0.2, 0.25) is 5.91 Å². The Morgan fingerprint density at radius 2 is 1.70 bits per heavy atom. The summed E-state index contributed by atoms with van der Waals surface area (Å²) in [5.74, 6) is -2.06. The third kappa shape index (κ3) is 4.68. The van der Waals surface area contributed by atoms with E-state index in [-0.39, 0.29) is 5.91 Å². The van der Waals surface area contributed by atoms with Crippen LogP contribution < -0.4 is 5.32 Å². The van der Waals surface area contributed by atoms with Crippen molar-refractivity contribution in [3.8, 4) is 0 Å². The van der Waals surface area contributed by atoms with E-state index in [4.69, 9.17) is 0 Å². The molecule has 0 saturated carbocycles. The van der Waals surface area contributed by atoms with Crippen LogP contribution in [0.15, 0.2) is 41.5 Å². The fourth-order valence-corrected chi connectivity index (χ4v) is 3.11. The van der Waals surface area contributed by atoms with Gasteiger partial charge in [0.05, 0.1) is 11.8 Å². The van der Waals surface area contributed by atoms with Crippen molar-refractivity contribution in [3.63, 3.8) is 0 Å². The summed E-state index contributed by atoms with van der Waals surface area (Å²) < 4.78 is 0. The first-order chi connectivity index (χ1) is 11.0. The van der Waals surface area contributed by atoms with Crippen LogP contribution in [0.4, 0.5) is 0 Å². The van der Waals surface area contributed by atoms with E-state index in [1.807, 2.05) is 32.0 Å². The average Bonchev–Trinajstić information content (AvgIpc) is 2.54. The van der Waals surface area contributed by atoms with Crippen LogP contribution in [-0.2, 0) is 16.0 Å². The minimum Gasteiger partial charge on any atom is -0.481 e. The van der Waals surface area contributed by atoms with Gasteiger partial charge >= 0.3 is 5.97 Å². The van der Waals surface area contributed by atoms with Gasteiger partial charge in [0, 0.05) is 6.54 Å². The second kappa shape index (κ2) is 7.95. The molecule has 2 rings (SSSR count). The van der Waals surface area contributed by atoms with E-state index in [9.17, 15) is 14.7 Å². The topological polar surface area (TPSA) is 66.4 Å². The molecule has 1 aliphatic carbocycles. The van der Waals surface area contributed by atoms with Gasteiger partial charge in [-0.05, 0) is 45.1 Å². The Labute approximate surface area is 137 Å². The fourth-order valence-electron chi connectivity index (χ4n) is 3.11. The number of rotatable bonds is 6. The molecule has 0 bridgehead atoms. The summed E-state index contributed by atoms with van der Waals surface area (Å²) >= 11 is 0. The van der Waals surface area contributed by atoms with E-state index in [1.165, 1.54) is 5.56 Å². The zero-order chi connectivity index (χ0) is 16.8. The Kier molecular flexibility index (Phi) is 5.97. The number of benzene rings is 1. The molecule has 2 atom stereocenters. The highest BCUT2D eigenvalue weighted by atomic mass is 16.4. The minimum absolute atomic E-state index is 0.127. The molecule has 0 aliphatic heterocycles. The number of carbonyl (C=O) groups is 2. The summed E-state index contributed by atoms with van der Waals surface area (Å²) in [5, 5.41) is 12.3. The predicted octanol–water partition coefficient (Wildman–Crippen LogP) is 3.18. The molecule has 0 saturated heterocycles. The molecule has 4 nitrogen and oxygen atoms in total. The maximum absolute atomic E-state index is 12.4. The number of hydrogen-bond acceptors (Lipinski definition) is 2. The Balaban J connectivity index is 1.85. The zero-order valence-corrected chi connectivity index (χ0v) is 13.8. The lowest BCUT2D eigenvalue weighted by atomic mass is 9.76. The normalized spacial score (nSPS) is 21.1. The summed E-state index contributed by atoms with van der Waals surface area (Å²) in [6.07, 6.45) is 2.79. The molecule has 0 spiro atoms. The van der Waals surface area contributed by atoms with Gasteiger partial charge in [0.25, 0.3) is 0 Å². The van der Waals surface area contributed by atoms with Crippen molar-refractivity contribution in [1.29, 1.82) is 0 Å². The van der Waals surface area contributed by atoms with Crippen LogP contribution in [0.3, 0.4) is 0 Å². The number of amides is 1. The van der Waals surface area contributed by atoms with E-state index in [2.05, 4.69) is 17.4 Å². The van der Waals surface area contributed by atoms with Crippen molar-refractivity contribution in [1.82, 2.24) is 5.32 Å². The predicted molar refractivity (Wildman–Crippen MR) is 90.0 cm³/mol. The minimum atomic E-state index is -0.874. The summed E-state index contributed by atoms with van der Waals surface area (Å²) in [7, 11) is 0. The molecular weight excluding hydrogens is 290 g/mol. The van der Waals surface area contributed by atoms with Crippen molar-refractivity contribution >= 4 is 11.9 Å². The molecule has 1 amide bonds. The van der Waals surface area contributed by atoms with Crippen LogP contribution in [0.1, 0.15) is 38.7 Å². The second-order valence-electron chi connectivity index (χ2n) is 6.40. The average molecular weight is 315 g/mol. The summed E-state index contributed by atoms with van der Waals surface area (Å²) in [6, 6.07) is 10.1. The van der Waals surface area contributed by atoms with Crippen molar-refractivity contribution in [2.24, 2.45) is 11.8 Å². The molecule has 0 heterocycles. The van der Waals surface area contributed by atoms with E-state index in [0.717, 1.165) is 24.0 Å². The molecule has 2 N–H and O–H groups in total. The third-order valence-corrected chi connectivity index (χ3v) is 4.70. The molecule has 1 aromatic rings. The highest BCUT2D eigenvalue weighted by molar-refractivity contribution is 5.85. The lowest BCUT2D eigenvalue weighted by Gasteiger charge is -2.29. The Morgan fingerprint density at radius 1 is 1.09 bits per heavy atom. The van der Waals surface area contributed by atoms with Crippen molar-refractivity contribution in [2.45, 2.75) is 39.5 Å². The Bertz CT molecular complexity index is 592. The maximum atomic E-state index is 12.4. The summed E-state index contributed by atoms with van der Waals surface area (Å²) in [4.78, 5) is 23.8. The van der Waals surface area contributed by atoms with Crippen LogP contribution in [0.5, 0.6) is 0 Å². The molecule has 0 unspecified atom stereocenters. The van der Waals surface area contributed by atoms with E-state index in [1.54, 1.807) is 0 Å². The van der Waals surface area contributed by atoms with Gasteiger partial charge in [0.15, 0.2) is 0 Å². The monoisotopic (exact) mass is 315 g/mol. The molecule has 23 heavy (non-hydrogen) atoms. The highest BCUT2D eigenvalue weighted by Gasteiger charge is 2.36. The number of nitrogens with one attached hydrogen (secondary N) is 1. The molecular formula is C19H25NO3. The summed E-state index contributed by atoms with van der Waals surface area (Å²) in [5.41, 5.74) is 3.50. The molecule has 1 aromatic carbocycles. The number of hydrogen-bond donors (Lipinski definition) is 2. The maximum Gasteiger partial charge on any atom is 0.307 e. The number of aryl methyl sites for hydroxylation is 1. The van der Waals surface area contributed by atoms with Crippen molar-refractivity contribution in [2.75, 3.05) is 6.54 Å². The van der Waals surface area contributed by atoms with E-state index in [0.29, 0.717) is 19.4 Å². The van der Waals surface area contributed by atoms with E-state index < -0.39 is 17.8 Å². The Hall–Kier alpha value is -2.10. The Morgan fingerprint density at radius 3 is 2.30 bits per heavy atom. The van der Waals surface area contributed by atoms with E-state index >= 15 is 0 Å². The summed E-state index contributed by atoms with van der Waals surface area (Å²) in [6.45, 7) is 4.53. The molecule has 0 aromatic heterocycles. The van der Waals surface area contributed by atoms with Gasteiger partial charge in [-0.15, -0.1) is 0 Å². The second-order valence-corrected chi connectivity index (χ2v) is 6.40. The zero-order valence-electron chi connectivity index (χ0n) is 13.8. The first kappa shape index (κ1) is 17.3. The largest absolute Gasteiger partial charge is 0.481 e. The highest BCUT2D eigenvalue weighted by Crippen LogP contribution is 2.34. The van der Waals surface area contributed by atoms with Crippen LogP contribution in [0.2, 0.25) is 0 Å². The number of aliphatic carboxylic acids is 1. The first-order valence-corrected chi connectivity index (χ1v) is 8.18. The lowest BCUT2D eigenvalue weighted by molar-refractivity contribution is -0.147. The fraction of sp³-hybridized carbons (Fsp3) is 0.474. The SMILES string of the molecule is CC1=C(C)C[C@H](C(=O)NCCCc2ccccc2)[C@@H](C(=O)O)C1. The van der Waals surface area contributed by atoms with Crippen LogP contribution in [0.25, 0.3) is 0 Å². The third-order valence-electron chi connectivity index (χ3n) is 4.70. The lowest BCUT2D eigenvalue weighted by Crippen LogP contribution is -2.40. The van der Waals surface area contributed by atoms with Gasteiger partial charge in [-0.3, -0.25) is 9.59 Å². The van der Waals surface area contributed by atoms with Crippen LogP contribution in [0, 0.1) is 11.8 Å². The van der Waals surface area contributed by atoms with Gasteiger partial charge in [0.1, 0.15) is 0 Å². The van der Waals surface area contributed by atoms with Crippen molar-refractivity contribution in [3.05, 3.63) is 47.0 Å². The number of carboxylic acids is 1. The number of carbonyl (C=O) groups excluding carboxylic acids is 1. The standard InChI is InChI=1S/C19H25NO3/c1-13-11-16(17(19(22)23)12-14(13)2)18(21)20-10-6-9-15-7-4-3-5-8-15/h3-5,7-8,16-17H,6,9-12H2,1-2H3,(H,20,21)(H,22,23)/t16-,17-/m0/s1. The van der Waals surface area contributed by atoms with Crippen LogP contribution in [-0.4, -0.2) is 23.5 Å². The van der Waals surface area contributed by atoms with Gasteiger partial charge in [-0.2, -0.15) is 0 Å². The molecule has 0 fully saturated rings. The molecule has 0 radical (unpaired) electrons. The van der Waals surface area contributed by atoms with Gasteiger partial charge in [-0.1, -0.05) is 41.5 Å². The smallest absolute Gasteiger partial charge is 0.307 e. The number of allylic oxidation sites excluding steroid dienone is 2. The first-order valence-electron chi connectivity index (χ1n) is 8.18. The van der Waals surface area contributed by atoms with Crippen LogP contribution >= 0.6 is 0 Å².